The zero-order valence-corrected chi connectivity index (χ0v) is 7.88. The molecule has 0 bridgehead atoms. The second-order valence-electron chi connectivity index (χ2n) is 3.37. The van der Waals surface area contributed by atoms with Crippen LogP contribution >= 0.6 is 11.6 Å². The fourth-order valence-electron chi connectivity index (χ4n) is 1.56. The summed E-state index contributed by atoms with van der Waals surface area (Å²) in [4.78, 5) is 14.5. The lowest BCUT2D eigenvalue weighted by Gasteiger charge is -2.12. The van der Waals surface area contributed by atoms with E-state index in [0.717, 1.165) is 6.20 Å². The maximum absolute atomic E-state index is 13.3. The fraction of sp³-hybridized carbons (Fsp3) is 0.333. The Morgan fingerprint density at radius 2 is 2.21 bits per heavy atom. The minimum Gasteiger partial charge on any atom is -0.481 e. The van der Waals surface area contributed by atoms with Crippen molar-refractivity contribution in [1.82, 2.24) is 4.98 Å². The van der Waals surface area contributed by atoms with Gasteiger partial charge < -0.3 is 5.11 Å². The largest absolute Gasteiger partial charge is 0.481 e. The second-order valence-corrected chi connectivity index (χ2v) is 3.77. The van der Waals surface area contributed by atoms with E-state index in [-0.39, 0.29) is 10.6 Å². The number of halogens is 2. The van der Waals surface area contributed by atoms with Crippen LogP contribution in [0.3, 0.4) is 0 Å². The van der Waals surface area contributed by atoms with Crippen molar-refractivity contribution < 1.29 is 14.3 Å². The molecule has 0 radical (unpaired) electrons. The predicted octanol–water partition coefficient (Wildman–Crippen LogP) is 1.99. The molecule has 1 heterocycles. The van der Waals surface area contributed by atoms with Crippen molar-refractivity contribution in [2.75, 3.05) is 0 Å². The fourth-order valence-corrected chi connectivity index (χ4v) is 1.89. The van der Waals surface area contributed by atoms with E-state index in [4.69, 9.17) is 16.7 Å². The van der Waals surface area contributed by atoms with Gasteiger partial charge in [0.2, 0.25) is 0 Å². The van der Waals surface area contributed by atoms with Gasteiger partial charge in [0, 0.05) is 11.8 Å². The zero-order valence-electron chi connectivity index (χ0n) is 7.13. The quantitative estimate of drug-likeness (QED) is 0.821. The number of aliphatic carboxylic acids is 1. The first kappa shape index (κ1) is 9.40. The molecule has 5 heteroatoms. The SMILES string of the molecule is O=C(O)C1(c2c(F)cncc2Cl)CC1. The number of carboxylic acid groups (broad SMARTS) is 1. The number of carbonyl (C=O) groups is 1. The van der Waals surface area contributed by atoms with Crippen LogP contribution in [0.25, 0.3) is 0 Å². The molecule has 1 aliphatic rings. The Balaban J connectivity index is 2.56. The molecular formula is C9H7ClFNO2. The first-order valence-corrected chi connectivity index (χ1v) is 4.48. The third kappa shape index (κ3) is 1.18. The lowest BCUT2D eigenvalue weighted by Crippen LogP contribution is -2.21. The first-order chi connectivity index (χ1) is 6.58. The number of rotatable bonds is 2. The summed E-state index contributed by atoms with van der Waals surface area (Å²) >= 11 is 5.73. The minimum atomic E-state index is -1.11. The highest BCUT2D eigenvalue weighted by molar-refractivity contribution is 6.31. The maximum Gasteiger partial charge on any atom is 0.314 e. The number of aromatic nitrogens is 1. The molecule has 0 aliphatic heterocycles. The summed E-state index contributed by atoms with van der Waals surface area (Å²) in [6.07, 6.45) is 3.12. The Kier molecular flexibility index (Phi) is 1.96. The molecule has 2 rings (SSSR count). The standard InChI is InChI=1S/C9H7ClFNO2/c10-5-3-12-4-6(11)7(5)9(1-2-9)8(13)14/h3-4H,1-2H2,(H,13,14). The van der Waals surface area contributed by atoms with Gasteiger partial charge in [-0.1, -0.05) is 11.6 Å². The lowest BCUT2D eigenvalue weighted by atomic mass is 9.97. The van der Waals surface area contributed by atoms with Gasteiger partial charge in [-0.25, -0.2) is 4.39 Å². The van der Waals surface area contributed by atoms with Gasteiger partial charge in [-0.05, 0) is 12.8 Å². The molecule has 0 atom stereocenters. The molecular weight excluding hydrogens is 209 g/mol. The highest BCUT2D eigenvalue weighted by Gasteiger charge is 2.54. The molecule has 1 aromatic heterocycles. The molecule has 1 saturated carbocycles. The number of hydrogen-bond donors (Lipinski definition) is 1. The molecule has 1 N–H and O–H groups in total. The van der Waals surface area contributed by atoms with Crippen molar-refractivity contribution in [3.63, 3.8) is 0 Å². The first-order valence-electron chi connectivity index (χ1n) is 4.11. The van der Waals surface area contributed by atoms with E-state index >= 15 is 0 Å². The summed E-state index contributed by atoms with van der Waals surface area (Å²) in [5, 5.41) is 9.05. The Hall–Kier alpha value is -1.16. The van der Waals surface area contributed by atoms with Crippen LogP contribution in [0.2, 0.25) is 5.02 Å². The van der Waals surface area contributed by atoms with Crippen LogP contribution in [0.1, 0.15) is 18.4 Å². The van der Waals surface area contributed by atoms with Gasteiger partial charge >= 0.3 is 5.97 Å². The maximum atomic E-state index is 13.3. The molecule has 0 amide bonds. The van der Waals surface area contributed by atoms with Crippen LogP contribution < -0.4 is 0 Å². The molecule has 0 spiro atoms. The van der Waals surface area contributed by atoms with Crippen molar-refractivity contribution in [2.45, 2.75) is 18.3 Å². The molecule has 1 fully saturated rings. The Labute approximate surface area is 84.5 Å². The highest BCUT2D eigenvalue weighted by atomic mass is 35.5. The van der Waals surface area contributed by atoms with Crippen molar-refractivity contribution in [3.05, 3.63) is 28.8 Å². The molecule has 3 nitrogen and oxygen atoms in total. The average molecular weight is 216 g/mol. The lowest BCUT2D eigenvalue weighted by molar-refractivity contribution is -0.140. The van der Waals surface area contributed by atoms with Crippen LogP contribution in [-0.4, -0.2) is 16.1 Å². The zero-order chi connectivity index (χ0) is 10.3. The molecule has 1 aromatic rings. The Bertz CT molecular complexity index is 384. The highest BCUT2D eigenvalue weighted by Crippen LogP contribution is 2.51. The van der Waals surface area contributed by atoms with E-state index in [9.17, 15) is 9.18 Å². The molecule has 74 valence electrons. The molecule has 1 aliphatic carbocycles. The van der Waals surface area contributed by atoms with Gasteiger partial charge in [-0.15, -0.1) is 0 Å². The molecule has 0 saturated heterocycles. The van der Waals surface area contributed by atoms with Gasteiger partial charge in [0.1, 0.15) is 5.82 Å². The van der Waals surface area contributed by atoms with Crippen LogP contribution in [0.4, 0.5) is 4.39 Å². The van der Waals surface area contributed by atoms with Crippen LogP contribution in [0.15, 0.2) is 12.4 Å². The van der Waals surface area contributed by atoms with E-state index < -0.39 is 17.2 Å². The van der Waals surface area contributed by atoms with E-state index in [0.29, 0.717) is 12.8 Å². The Morgan fingerprint density at radius 3 is 2.64 bits per heavy atom. The summed E-state index contributed by atoms with van der Waals surface area (Å²) in [6, 6.07) is 0. The van der Waals surface area contributed by atoms with E-state index in [1.54, 1.807) is 0 Å². The van der Waals surface area contributed by atoms with Gasteiger partial charge in [0.25, 0.3) is 0 Å². The third-order valence-electron chi connectivity index (χ3n) is 2.49. The van der Waals surface area contributed by atoms with E-state index in [2.05, 4.69) is 4.98 Å². The number of carboxylic acids is 1. The molecule has 0 aromatic carbocycles. The van der Waals surface area contributed by atoms with Crippen LogP contribution in [0.5, 0.6) is 0 Å². The summed E-state index contributed by atoms with van der Waals surface area (Å²) < 4.78 is 13.3. The average Bonchev–Trinajstić information content (AvgIpc) is 2.85. The summed E-state index contributed by atoms with van der Waals surface area (Å²) in [5.41, 5.74) is -1.04. The van der Waals surface area contributed by atoms with E-state index in [1.807, 2.05) is 0 Å². The Morgan fingerprint density at radius 1 is 1.57 bits per heavy atom. The molecule has 0 unspecified atom stereocenters. The van der Waals surface area contributed by atoms with Crippen molar-refractivity contribution in [3.8, 4) is 0 Å². The van der Waals surface area contributed by atoms with Crippen molar-refractivity contribution in [1.29, 1.82) is 0 Å². The van der Waals surface area contributed by atoms with Crippen LogP contribution in [-0.2, 0) is 10.2 Å². The van der Waals surface area contributed by atoms with Gasteiger partial charge in [-0.3, -0.25) is 9.78 Å². The second kappa shape index (κ2) is 2.92. The topological polar surface area (TPSA) is 50.2 Å². The minimum absolute atomic E-state index is 0.0710. The number of pyridine rings is 1. The van der Waals surface area contributed by atoms with Crippen molar-refractivity contribution >= 4 is 17.6 Å². The third-order valence-corrected chi connectivity index (χ3v) is 2.78. The predicted molar refractivity (Wildman–Crippen MR) is 47.8 cm³/mol. The van der Waals surface area contributed by atoms with E-state index in [1.165, 1.54) is 6.20 Å². The monoisotopic (exact) mass is 215 g/mol. The van der Waals surface area contributed by atoms with Crippen LogP contribution in [0, 0.1) is 5.82 Å². The summed E-state index contributed by atoms with van der Waals surface area (Å²) in [7, 11) is 0. The van der Waals surface area contributed by atoms with Crippen molar-refractivity contribution in [2.24, 2.45) is 0 Å². The summed E-state index contributed by atoms with van der Waals surface area (Å²) in [5.74, 6) is -1.66. The normalized spacial score (nSPS) is 17.9. The van der Waals surface area contributed by atoms with Gasteiger partial charge in [0.05, 0.1) is 16.6 Å². The molecule has 14 heavy (non-hydrogen) atoms. The number of nitrogens with zero attached hydrogens (tertiary/aromatic N) is 1. The van der Waals surface area contributed by atoms with Gasteiger partial charge in [-0.2, -0.15) is 0 Å². The smallest absolute Gasteiger partial charge is 0.314 e. The number of hydrogen-bond acceptors (Lipinski definition) is 2. The van der Waals surface area contributed by atoms with Gasteiger partial charge in [0.15, 0.2) is 0 Å². The summed E-state index contributed by atoms with van der Waals surface area (Å²) in [6.45, 7) is 0.